The van der Waals surface area contributed by atoms with Gasteiger partial charge in [0.25, 0.3) is 0 Å². The molecule has 0 spiro atoms. The maximum Gasteiger partial charge on any atom is 0.139 e. The van der Waals surface area contributed by atoms with Crippen LogP contribution in [-0.2, 0) is 12.8 Å². The van der Waals surface area contributed by atoms with E-state index in [2.05, 4.69) is 7.85 Å². The summed E-state index contributed by atoms with van der Waals surface area (Å²) in [6.45, 7) is 0. The molecular formula is C9H11BO. The Morgan fingerprint density at radius 3 is 2.64 bits per heavy atom. The molecule has 1 aromatic rings. The molecule has 0 aromatic heterocycles. The number of rotatable bonds is 0. The molecule has 0 atom stereocenters. The first-order valence-corrected chi connectivity index (χ1v) is 4.09. The summed E-state index contributed by atoms with van der Waals surface area (Å²) in [5, 5.41) is 9.46. The van der Waals surface area contributed by atoms with Gasteiger partial charge in [0.1, 0.15) is 13.6 Å². The van der Waals surface area contributed by atoms with E-state index in [1.54, 1.807) is 6.07 Å². The molecule has 2 heteroatoms. The number of benzene rings is 1. The molecule has 1 N–H and O–H groups in total. The largest absolute Gasteiger partial charge is 0.508 e. The number of hydrogen-bond donors (Lipinski definition) is 1. The SMILES string of the molecule is Bc1ccc(O)c2c1CCC2. The van der Waals surface area contributed by atoms with Crippen LogP contribution >= 0.6 is 0 Å². The summed E-state index contributed by atoms with van der Waals surface area (Å²) in [6, 6.07) is 3.80. The Labute approximate surface area is 67.5 Å². The highest BCUT2D eigenvalue weighted by atomic mass is 16.3. The van der Waals surface area contributed by atoms with Crippen molar-refractivity contribution < 1.29 is 5.11 Å². The van der Waals surface area contributed by atoms with E-state index in [1.807, 2.05) is 6.07 Å². The molecule has 1 aliphatic rings. The molecule has 1 aliphatic carbocycles. The van der Waals surface area contributed by atoms with E-state index in [0.717, 1.165) is 12.8 Å². The summed E-state index contributed by atoms with van der Waals surface area (Å²) < 4.78 is 0. The van der Waals surface area contributed by atoms with Crippen LogP contribution < -0.4 is 5.46 Å². The fourth-order valence-electron chi connectivity index (χ4n) is 1.87. The van der Waals surface area contributed by atoms with Crippen molar-refractivity contribution in [3.8, 4) is 5.75 Å². The Hall–Kier alpha value is -0.915. The molecule has 56 valence electrons. The van der Waals surface area contributed by atoms with Crippen LogP contribution in [-0.4, -0.2) is 13.0 Å². The second kappa shape index (κ2) is 2.30. The predicted octanol–water partition coefficient (Wildman–Crippen LogP) is 0.139. The van der Waals surface area contributed by atoms with Gasteiger partial charge in [-0.25, -0.2) is 0 Å². The lowest BCUT2D eigenvalue weighted by molar-refractivity contribution is 0.469. The fourth-order valence-corrected chi connectivity index (χ4v) is 1.87. The third kappa shape index (κ3) is 0.935. The number of hydrogen-bond acceptors (Lipinski definition) is 1. The normalized spacial score (nSPS) is 14.9. The number of fused-ring (bicyclic) bond motifs is 1. The van der Waals surface area contributed by atoms with E-state index >= 15 is 0 Å². The van der Waals surface area contributed by atoms with Crippen molar-refractivity contribution in [2.24, 2.45) is 0 Å². The van der Waals surface area contributed by atoms with Crippen LogP contribution in [0.25, 0.3) is 0 Å². The second-order valence-electron chi connectivity index (χ2n) is 3.21. The lowest BCUT2D eigenvalue weighted by Gasteiger charge is -2.04. The molecule has 1 nitrogen and oxygen atoms in total. The van der Waals surface area contributed by atoms with Gasteiger partial charge in [0.05, 0.1) is 0 Å². The van der Waals surface area contributed by atoms with E-state index in [4.69, 9.17) is 0 Å². The Morgan fingerprint density at radius 2 is 1.91 bits per heavy atom. The molecule has 0 heterocycles. The first-order chi connectivity index (χ1) is 5.29. The van der Waals surface area contributed by atoms with Crippen molar-refractivity contribution in [1.82, 2.24) is 0 Å². The zero-order valence-corrected chi connectivity index (χ0v) is 6.72. The molecule has 0 fully saturated rings. The van der Waals surface area contributed by atoms with Gasteiger partial charge in [-0.3, -0.25) is 0 Å². The molecule has 2 rings (SSSR count). The monoisotopic (exact) mass is 146 g/mol. The fraction of sp³-hybridized carbons (Fsp3) is 0.333. The number of phenolic OH excluding ortho intramolecular Hbond substituents is 1. The van der Waals surface area contributed by atoms with Crippen molar-refractivity contribution in [3.05, 3.63) is 23.3 Å². The van der Waals surface area contributed by atoms with Crippen molar-refractivity contribution in [2.45, 2.75) is 19.3 Å². The molecule has 0 saturated carbocycles. The zero-order chi connectivity index (χ0) is 7.84. The van der Waals surface area contributed by atoms with E-state index in [0.29, 0.717) is 5.75 Å². The first-order valence-electron chi connectivity index (χ1n) is 4.09. The molecule has 0 bridgehead atoms. The summed E-state index contributed by atoms with van der Waals surface area (Å²) >= 11 is 0. The molecule has 0 radical (unpaired) electrons. The molecule has 1 aromatic carbocycles. The molecule has 0 saturated heterocycles. The van der Waals surface area contributed by atoms with Gasteiger partial charge in [-0.1, -0.05) is 11.5 Å². The Kier molecular flexibility index (Phi) is 1.41. The van der Waals surface area contributed by atoms with Crippen LogP contribution in [0.1, 0.15) is 17.5 Å². The molecule has 0 aliphatic heterocycles. The van der Waals surface area contributed by atoms with Crippen LogP contribution in [0.3, 0.4) is 0 Å². The molecule has 0 unspecified atom stereocenters. The molecule has 11 heavy (non-hydrogen) atoms. The Balaban J connectivity index is 2.64. The second-order valence-corrected chi connectivity index (χ2v) is 3.21. The summed E-state index contributed by atoms with van der Waals surface area (Å²) in [5.41, 5.74) is 3.89. The third-order valence-corrected chi connectivity index (χ3v) is 2.49. The van der Waals surface area contributed by atoms with Gasteiger partial charge in [0.15, 0.2) is 0 Å². The first kappa shape index (κ1) is 6.77. The average molecular weight is 146 g/mol. The van der Waals surface area contributed by atoms with Gasteiger partial charge >= 0.3 is 0 Å². The summed E-state index contributed by atoms with van der Waals surface area (Å²) in [4.78, 5) is 0. The van der Waals surface area contributed by atoms with Crippen LogP contribution in [0.5, 0.6) is 5.75 Å². The average Bonchev–Trinajstić information content (AvgIpc) is 2.45. The smallest absolute Gasteiger partial charge is 0.139 e. The van der Waals surface area contributed by atoms with Crippen molar-refractivity contribution >= 4 is 13.3 Å². The van der Waals surface area contributed by atoms with Crippen LogP contribution in [0.2, 0.25) is 0 Å². The Bertz CT molecular complexity index is 265. The topological polar surface area (TPSA) is 20.2 Å². The highest BCUT2D eigenvalue weighted by Crippen LogP contribution is 2.27. The Morgan fingerprint density at radius 1 is 1.18 bits per heavy atom. The minimum absolute atomic E-state index is 0.489. The maximum atomic E-state index is 9.46. The number of aromatic hydroxyl groups is 1. The maximum absolute atomic E-state index is 9.46. The number of phenols is 1. The molecule has 0 amide bonds. The van der Waals surface area contributed by atoms with Gasteiger partial charge in [-0.15, -0.1) is 0 Å². The van der Waals surface area contributed by atoms with E-state index in [-0.39, 0.29) is 0 Å². The third-order valence-electron chi connectivity index (χ3n) is 2.49. The van der Waals surface area contributed by atoms with Gasteiger partial charge in [-0.2, -0.15) is 0 Å². The van der Waals surface area contributed by atoms with Gasteiger partial charge in [0, 0.05) is 0 Å². The van der Waals surface area contributed by atoms with Crippen LogP contribution in [0.15, 0.2) is 12.1 Å². The van der Waals surface area contributed by atoms with E-state index < -0.39 is 0 Å². The summed E-state index contributed by atoms with van der Waals surface area (Å²) in [5.74, 6) is 0.489. The zero-order valence-electron chi connectivity index (χ0n) is 6.72. The lowest BCUT2D eigenvalue weighted by Crippen LogP contribution is -2.08. The minimum atomic E-state index is 0.489. The quantitative estimate of drug-likeness (QED) is 0.516. The van der Waals surface area contributed by atoms with Crippen molar-refractivity contribution in [2.75, 3.05) is 0 Å². The van der Waals surface area contributed by atoms with E-state index in [9.17, 15) is 5.11 Å². The van der Waals surface area contributed by atoms with Crippen LogP contribution in [0.4, 0.5) is 0 Å². The standard InChI is InChI=1S/C9H11BO/c10-8-4-5-9(11)7-3-1-2-6(7)8/h4-5,11H,1-3,10H2. The van der Waals surface area contributed by atoms with Gasteiger partial charge in [0.2, 0.25) is 0 Å². The van der Waals surface area contributed by atoms with Crippen LogP contribution in [0, 0.1) is 0 Å². The molecular weight excluding hydrogens is 135 g/mol. The van der Waals surface area contributed by atoms with Crippen molar-refractivity contribution in [3.63, 3.8) is 0 Å². The predicted molar refractivity (Wildman–Crippen MR) is 48.3 cm³/mol. The van der Waals surface area contributed by atoms with Gasteiger partial charge in [-0.05, 0) is 36.5 Å². The summed E-state index contributed by atoms with van der Waals surface area (Å²) in [6.07, 6.45) is 3.41. The minimum Gasteiger partial charge on any atom is -0.508 e. The summed E-state index contributed by atoms with van der Waals surface area (Å²) in [7, 11) is 2.11. The highest BCUT2D eigenvalue weighted by Gasteiger charge is 2.15. The van der Waals surface area contributed by atoms with E-state index in [1.165, 1.54) is 23.0 Å². The lowest BCUT2D eigenvalue weighted by atomic mass is 9.88. The highest BCUT2D eigenvalue weighted by molar-refractivity contribution is 6.33. The van der Waals surface area contributed by atoms with Crippen molar-refractivity contribution in [1.29, 1.82) is 0 Å². The van der Waals surface area contributed by atoms with Gasteiger partial charge < -0.3 is 5.11 Å².